The van der Waals surface area contributed by atoms with Crippen LogP contribution in [0.25, 0.3) is 11.1 Å². The van der Waals surface area contributed by atoms with E-state index < -0.39 is 0 Å². The molecule has 1 aliphatic rings. The molecule has 150 valence electrons. The molecule has 0 aliphatic heterocycles. The van der Waals surface area contributed by atoms with Crippen molar-refractivity contribution in [2.75, 3.05) is 13.2 Å². The number of hydrogen-bond donors (Lipinski definition) is 1. The fourth-order valence-electron chi connectivity index (χ4n) is 4.04. The summed E-state index contributed by atoms with van der Waals surface area (Å²) in [5, 5.41) is 3.12. The molecule has 28 heavy (non-hydrogen) atoms. The molecule has 0 unspecified atom stereocenters. The Bertz CT molecular complexity index is 723. The molecule has 0 heterocycles. The topological polar surface area (TPSA) is 38.3 Å². The summed E-state index contributed by atoms with van der Waals surface area (Å²) in [6.45, 7) is 5.78. The van der Waals surface area contributed by atoms with Crippen LogP contribution in [0, 0.1) is 0 Å². The van der Waals surface area contributed by atoms with Crippen LogP contribution in [0.1, 0.15) is 69.4 Å². The van der Waals surface area contributed by atoms with Crippen LogP contribution in [0.3, 0.4) is 0 Å². The summed E-state index contributed by atoms with van der Waals surface area (Å²) in [6.07, 6.45) is 6.61. The lowest BCUT2D eigenvalue weighted by atomic mass is 9.93. The van der Waals surface area contributed by atoms with Crippen LogP contribution >= 0.6 is 0 Å². The van der Waals surface area contributed by atoms with Gasteiger partial charge in [-0.15, -0.1) is 0 Å². The van der Waals surface area contributed by atoms with Crippen molar-refractivity contribution in [3.63, 3.8) is 0 Å². The summed E-state index contributed by atoms with van der Waals surface area (Å²) in [6, 6.07) is 17.0. The predicted molar refractivity (Wildman–Crippen MR) is 116 cm³/mol. The average Bonchev–Trinajstić information content (AvgIpc) is 3.01. The molecule has 3 nitrogen and oxygen atoms in total. The zero-order valence-electron chi connectivity index (χ0n) is 17.2. The maximum Gasteiger partial charge on any atom is 0.220 e. The number of benzene rings is 2. The largest absolute Gasteiger partial charge is 0.379 e. The monoisotopic (exact) mass is 379 g/mol. The van der Waals surface area contributed by atoms with Crippen molar-refractivity contribution in [3.05, 3.63) is 59.7 Å². The number of rotatable bonds is 11. The standard InChI is InChI=1S/C25H33NO2/c1-19(2)28-17-11-5-3-4-10-16-26-25(27)18-24-22-14-8-6-12-20(22)21-13-7-9-15-23(21)24/h6-9,12-15,19,24H,3-5,10-11,16-18H2,1-2H3,(H,26,27). The van der Waals surface area contributed by atoms with Crippen molar-refractivity contribution in [3.8, 4) is 11.1 Å². The zero-order valence-corrected chi connectivity index (χ0v) is 17.2. The number of fused-ring (bicyclic) bond motifs is 3. The van der Waals surface area contributed by atoms with E-state index in [1.165, 1.54) is 35.1 Å². The van der Waals surface area contributed by atoms with Crippen molar-refractivity contribution in [1.29, 1.82) is 0 Å². The molecule has 0 radical (unpaired) electrons. The van der Waals surface area contributed by atoms with E-state index in [-0.39, 0.29) is 11.8 Å². The minimum absolute atomic E-state index is 0.154. The van der Waals surface area contributed by atoms with E-state index in [9.17, 15) is 4.79 Å². The van der Waals surface area contributed by atoms with Gasteiger partial charge in [-0.25, -0.2) is 0 Å². The van der Waals surface area contributed by atoms with Gasteiger partial charge in [0.05, 0.1) is 6.10 Å². The first-order valence-electron chi connectivity index (χ1n) is 10.7. The number of ether oxygens (including phenoxy) is 1. The fraction of sp³-hybridized carbons (Fsp3) is 0.480. The van der Waals surface area contributed by atoms with Crippen LogP contribution in [0.5, 0.6) is 0 Å². The molecule has 0 bridgehead atoms. The van der Waals surface area contributed by atoms with Crippen LogP contribution < -0.4 is 5.32 Å². The molecule has 3 rings (SSSR count). The van der Waals surface area contributed by atoms with Crippen LogP contribution in [0.2, 0.25) is 0 Å². The van der Waals surface area contributed by atoms with Crippen LogP contribution in [0.15, 0.2) is 48.5 Å². The number of carbonyl (C=O) groups is 1. The Labute approximate surface area is 169 Å². The molecular weight excluding hydrogens is 346 g/mol. The van der Waals surface area contributed by atoms with Crippen LogP contribution in [0.4, 0.5) is 0 Å². The van der Waals surface area contributed by atoms with Crippen LogP contribution in [-0.2, 0) is 9.53 Å². The summed E-state index contributed by atoms with van der Waals surface area (Å²) in [7, 11) is 0. The molecule has 2 aromatic rings. The highest BCUT2D eigenvalue weighted by Crippen LogP contribution is 2.45. The Morgan fingerprint density at radius 2 is 1.46 bits per heavy atom. The third kappa shape index (κ3) is 5.45. The van der Waals surface area contributed by atoms with Gasteiger partial charge in [-0.1, -0.05) is 67.8 Å². The molecule has 1 aliphatic carbocycles. The van der Waals surface area contributed by atoms with E-state index in [0.29, 0.717) is 12.5 Å². The third-order valence-electron chi connectivity index (χ3n) is 5.45. The molecule has 0 aromatic heterocycles. The SMILES string of the molecule is CC(C)OCCCCCCCNC(=O)CC1c2ccccc2-c2ccccc21. The summed E-state index contributed by atoms with van der Waals surface area (Å²) in [5.74, 6) is 0.329. The zero-order chi connectivity index (χ0) is 19.8. The molecule has 1 amide bonds. The highest BCUT2D eigenvalue weighted by atomic mass is 16.5. The fourth-order valence-corrected chi connectivity index (χ4v) is 4.04. The summed E-state index contributed by atoms with van der Waals surface area (Å²) in [5.41, 5.74) is 5.11. The van der Waals surface area contributed by atoms with Crippen molar-refractivity contribution < 1.29 is 9.53 Å². The first-order chi connectivity index (χ1) is 13.7. The highest BCUT2D eigenvalue weighted by Gasteiger charge is 2.29. The van der Waals surface area contributed by atoms with Crippen molar-refractivity contribution in [2.45, 2.75) is 64.4 Å². The third-order valence-corrected chi connectivity index (χ3v) is 5.45. The van der Waals surface area contributed by atoms with E-state index in [2.05, 4.69) is 67.7 Å². The van der Waals surface area contributed by atoms with Crippen molar-refractivity contribution in [2.24, 2.45) is 0 Å². The second kappa shape index (κ2) is 10.4. The van der Waals surface area contributed by atoms with Gasteiger partial charge in [-0.3, -0.25) is 4.79 Å². The average molecular weight is 380 g/mol. The second-order valence-electron chi connectivity index (χ2n) is 7.97. The quantitative estimate of drug-likeness (QED) is 0.510. The molecule has 3 heteroatoms. The Morgan fingerprint density at radius 1 is 0.893 bits per heavy atom. The lowest BCUT2D eigenvalue weighted by molar-refractivity contribution is -0.121. The molecule has 0 fully saturated rings. The Morgan fingerprint density at radius 3 is 2.11 bits per heavy atom. The molecular formula is C25H33NO2. The van der Waals surface area contributed by atoms with E-state index in [0.717, 1.165) is 32.4 Å². The first kappa shape index (κ1) is 20.6. The first-order valence-corrected chi connectivity index (χ1v) is 10.7. The van der Waals surface area contributed by atoms with Gasteiger partial charge in [0.25, 0.3) is 0 Å². The van der Waals surface area contributed by atoms with Gasteiger partial charge in [0.1, 0.15) is 0 Å². The molecule has 0 spiro atoms. The minimum atomic E-state index is 0.154. The van der Waals surface area contributed by atoms with Gasteiger partial charge in [0.15, 0.2) is 0 Å². The Balaban J connectivity index is 1.39. The Hall–Kier alpha value is -2.13. The summed E-state index contributed by atoms with van der Waals surface area (Å²) in [4.78, 5) is 12.5. The molecule has 2 aromatic carbocycles. The molecule has 0 saturated heterocycles. The lowest BCUT2D eigenvalue weighted by Gasteiger charge is -2.13. The molecule has 0 saturated carbocycles. The molecule has 0 atom stereocenters. The minimum Gasteiger partial charge on any atom is -0.379 e. The number of unbranched alkanes of at least 4 members (excludes halogenated alkanes) is 4. The maximum absolute atomic E-state index is 12.5. The normalized spacial score (nSPS) is 12.8. The smallest absolute Gasteiger partial charge is 0.220 e. The van der Waals surface area contributed by atoms with Gasteiger partial charge in [0, 0.05) is 25.5 Å². The summed E-state index contributed by atoms with van der Waals surface area (Å²) < 4.78 is 5.56. The number of nitrogens with one attached hydrogen (secondary N) is 1. The van der Waals surface area contributed by atoms with Gasteiger partial charge in [-0.05, 0) is 48.9 Å². The maximum atomic E-state index is 12.5. The van der Waals surface area contributed by atoms with E-state index in [4.69, 9.17) is 4.74 Å². The predicted octanol–water partition coefficient (Wildman–Crippen LogP) is 5.68. The van der Waals surface area contributed by atoms with Crippen LogP contribution in [-0.4, -0.2) is 25.2 Å². The lowest BCUT2D eigenvalue weighted by Crippen LogP contribution is -2.26. The van der Waals surface area contributed by atoms with Gasteiger partial charge in [0.2, 0.25) is 5.91 Å². The van der Waals surface area contributed by atoms with Gasteiger partial charge < -0.3 is 10.1 Å². The second-order valence-corrected chi connectivity index (χ2v) is 7.97. The number of hydrogen-bond acceptors (Lipinski definition) is 2. The summed E-state index contributed by atoms with van der Waals surface area (Å²) >= 11 is 0. The van der Waals surface area contributed by atoms with Crippen molar-refractivity contribution in [1.82, 2.24) is 5.32 Å². The van der Waals surface area contributed by atoms with Gasteiger partial charge in [-0.2, -0.15) is 0 Å². The van der Waals surface area contributed by atoms with Gasteiger partial charge >= 0.3 is 0 Å². The van der Waals surface area contributed by atoms with E-state index in [1.807, 2.05) is 0 Å². The molecule has 1 N–H and O–H groups in total. The number of amides is 1. The highest BCUT2D eigenvalue weighted by molar-refractivity contribution is 5.84. The Kier molecular flexibility index (Phi) is 7.67. The number of carbonyl (C=O) groups excluding carboxylic acids is 1. The van der Waals surface area contributed by atoms with Crippen molar-refractivity contribution >= 4 is 5.91 Å². The van der Waals surface area contributed by atoms with E-state index in [1.54, 1.807) is 0 Å². The van der Waals surface area contributed by atoms with E-state index >= 15 is 0 Å².